The van der Waals surface area contributed by atoms with Crippen molar-refractivity contribution < 1.29 is 9.30 Å². The summed E-state index contributed by atoms with van der Waals surface area (Å²) >= 11 is 0. The molecule has 1 fully saturated rings. The van der Waals surface area contributed by atoms with E-state index in [-0.39, 0.29) is 0 Å². The highest BCUT2D eigenvalue weighted by Gasteiger charge is 2.13. The molecule has 1 aliphatic heterocycles. The summed E-state index contributed by atoms with van der Waals surface area (Å²) in [5, 5.41) is 0. The lowest BCUT2D eigenvalue weighted by molar-refractivity contribution is -0.688. The van der Waals surface area contributed by atoms with E-state index in [4.69, 9.17) is 10.5 Å². The zero-order chi connectivity index (χ0) is 22.5. The van der Waals surface area contributed by atoms with Gasteiger partial charge >= 0.3 is 0 Å². The standard InChI is InChI=1S/C29H30N3O/c30-27-4-3-5-29(20-27)33-22-24-8-12-26(13-9-24)25-10-6-23(7-11-25)21-31-18-14-28(15-19-31)32-16-1-2-17-32/h3-15,18-20H,1-2,16-17,21-22,30H2/q+1. The van der Waals surface area contributed by atoms with Crippen molar-refractivity contribution in [3.63, 3.8) is 0 Å². The molecule has 0 spiro atoms. The minimum absolute atomic E-state index is 0.524. The monoisotopic (exact) mass is 436 g/mol. The maximum absolute atomic E-state index is 5.84. The molecule has 166 valence electrons. The van der Waals surface area contributed by atoms with Crippen molar-refractivity contribution in [2.24, 2.45) is 0 Å². The topological polar surface area (TPSA) is 42.4 Å². The number of nitrogen functional groups attached to an aromatic ring is 1. The molecular formula is C29H30N3O+. The Hall–Kier alpha value is -3.79. The van der Waals surface area contributed by atoms with E-state index in [1.165, 1.54) is 48.3 Å². The smallest absolute Gasteiger partial charge is 0.173 e. The van der Waals surface area contributed by atoms with Crippen LogP contribution in [-0.2, 0) is 13.2 Å². The molecular weight excluding hydrogens is 406 g/mol. The van der Waals surface area contributed by atoms with Crippen LogP contribution in [0.4, 0.5) is 11.4 Å². The molecule has 3 aromatic carbocycles. The first-order valence-corrected chi connectivity index (χ1v) is 11.6. The van der Waals surface area contributed by atoms with Crippen molar-refractivity contribution in [2.45, 2.75) is 26.0 Å². The number of anilines is 2. The number of hydrogen-bond donors (Lipinski definition) is 1. The zero-order valence-corrected chi connectivity index (χ0v) is 18.9. The Kier molecular flexibility index (Phi) is 6.25. The Balaban J connectivity index is 1.18. The Morgan fingerprint density at radius 1 is 0.758 bits per heavy atom. The van der Waals surface area contributed by atoms with Crippen LogP contribution in [0.15, 0.2) is 97.3 Å². The third-order valence-electron chi connectivity index (χ3n) is 6.21. The quantitative estimate of drug-likeness (QED) is 0.309. The number of benzene rings is 3. The number of hydrogen-bond acceptors (Lipinski definition) is 3. The maximum Gasteiger partial charge on any atom is 0.173 e. The minimum atomic E-state index is 0.524. The van der Waals surface area contributed by atoms with Gasteiger partial charge in [0.2, 0.25) is 0 Å². The van der Waals surface area contributed by atoms with Gasteiger partial charge in [-0.25, -0.2) is 4.57 Å². The molecule has 0 aliphatic carbocycles. The normalized spacial score (nSPS) is 13.3. The molecule has 4 aromatic rings. The first kappa shape index (κ1) is 21.1. The van der Waals surface area contributed by atoms with Crippen LogP contribution in [-0.4, -0.2) is 13.1 Å². The fraction of sp³-hybridized carbons (Fsp3) is 0.207. The van der Waals surface area contributed by atoms with Gasteiger partial charge in [0.15, 0.2) is 18.9 Å². The zero-order valence-electron chi connectivity index (χ0n) is 18.9. The Bertz CT molecular complexity index is 1180. The molecule has 5 rings (SSSR count). The van der Waals surface area contributed by atoms with Crippen LogP contribution in [0.25, 0.3) is 11.1 Å². The maximum atomic E-state index is 5.84. The molecule has 0 saturated carbocycles. The van der Waals surface area contributed by atoms with Crippen molar-refractivity contribution in [3.05, 3.63) is 108 Å². The molecule has 1 saturated heterocycles. The number of nitrogens with two attached hydrogens (primary N) is 1. The van der Waals surface area contributed by atoms with Crippen LogP contribution in [0.1, 0.15) is 24.0 Å². The molecule has 2 N–H and O–H groups in total. The van der Waals surface area contributed by atoms with Gasteiger partial charge in [0.25, 0.3) is 0 Å². The van der Waals surface area contributed by atoms with Gasteiger partial charge in [-0.2, -0.15) is 0 Å². The Morgan fingerprint density at radius 3 is 2.03 bits per heavy atom. The SMILES string of the molecule is Nc1cccc(OCc2ccc(-c3ccc(C[n+]4ccc(N5CCCC5)cc4)cc3)cc2)c1. The van der Waals surface area contributed by atoms with E-state index in [0.717, 1.165) is 17.9 Å². The predicted octanol–water partition coefficient (Wildman–Crippen LogP) is 5.45. The van der Waals surface area contributed by atoms with Gasteiger partial charge in [-0.15, -0.1) is 0 Å². The molecule has 0 amide bonds. The van der Waals surface area contributed by atoms with Gasteiger partial charge in [0.05, 0.1) is 0 Å². The lowest BCUT2D eigenvalue weighted by Gasteiger charge is -2.16. The first-order chi connectivity index (χ1) is 16.2. The Labute approximate surface area is 195 Å². The summed E-state index contributed by atoms with van der Waals surface area (Å²) in [6, 6.07) is 29.4. The van der Waals surface area contributed by atoms with Gasteiger partial charge in [-0.05, 0) is 41.7 Å². The van der Waals surface area contributed by atoms with E-state index in [9.17, 15) is 0 Å². The molecule has 0 bridgehead atoms. The third-order valence-corrected chi connectivity index (χ3v) is 6.21. The van der Waals surface area contributed by atoms with Gasteiger partial charge in [0, 0.05) is 48.2 Å². The van der Waals surface area contributed by atoms with Crippen LogP contribution >= 0.6 is 0 Å². The van der Waals surface area contributed by atoms with Crippen LogP contribution in [0.3, 0.4) is 0 Å². The highest BCUT2D eigenvalue weighted by molar-refractivity contribution is 5.64. The minimum Gasteiger partial charge on any atom is -0.489 e. The average molecular weight is 437 g/mol. The van der Waals surface area contributed by atoms with Gasteiger partial charge in [-0.1, -0.05) is 54.6 Å². The second-order valence-corrected chi connectivity index (χ2v) is 8.68. The van der Waals surface area contributed by atoms with E-state index in [2.05, 4.69) is 82.5 Å². The number of rotatable bonds is 7. The second-order valence-electron chi connectivity index (χ2n) is 8.68. The highest BCUT2D eigenvalue weighted by Crippen LogP contribution is 2.22. The fourth-order valence-corrected chi connectivity index (χ4v) is 4.32. The molecule has 0 atom stereocenters. The summed E-state index contributed by atoms with van der Waals surface area (Å²) in [4.78, 5) is 2.47. The molecule has 0 radical (unpaired) electrons. The van der Waals surface area contributed by atoms with E-state index in [0.29, 0.717) is 12.3 Å². The average Bonchev–Trinajstić information content (AvgIpc) is 3.39. The van der Waals surface area contributed by atoms with E-state index in [1.54, 1.807) is 0 Å². The molecule has 1 aliphatic rings. The van der Waals surface area contributed by atoms with Crippen LogP contribution in [0, 0.1) is 0 Å². The molecule has 0 unspecified atom stereocenters. The number of nitrogens with zero attached hydrogens (tertiary/aromatic N) is 2. The first-order valence-electron chi connectivity index (χ1n) is 11.6. The van der Waals surface area contributed by atoms with Crippen molar-refractivity contribution in [2.75, 3.05) is 23.7 Å². The van der Waals surface area contributed by atoms with Crippen molar-refractivity contribution in [3.8, 4) is 16.9 Å². The summed E-state index contributed by atoms with van der Waals surface area (Å²) in [6.07, 6.45) is 6.99. The molecule has 4 heteroatoms. The Morgan fingerprint density at radius 2 is 1.39 bits per heavy atom. The summed E-state index contributed by atoms with van der Waals surface area (Å²) in [6.45, 7) is 3.76. The number of pyridine rings is 1. The van der Waals surface area contributed by atoms with Gasteiger partial charge in [0.1, 0.15) is 12.4 Å². The lowest BCUT2D eigenvalue weighted by Crippen LogP contribution is -2.33. The number of ether oxygens (including phenoxy) is 1. The van der Waals surface area contributed by atoms with Gasteiger partial charge < -0.3 is 15.4 Å². The van der Waals surface area contributed by atoms with Crippen molar-refractivity contribution in [1.29, 1.82) is 0 Å². The van der Waals surface area contributed by atoms with E-state index in [1.807, 2.05) is 24.3 Å². The molecule has 2 heterocycles. The molecule has 33 heavy (non-hydrogen) atoms. The van der Waals surface area contributed by atoms with Crippen molar-refractivity contribution >= 4 is 11.4 Å². The summed E-state index contributed by atoms with van der Waals surface area (Å²) < 4.78 is 8.08. The lowest BCUT2D eigenvalue weighted by atomic mass is 10.0. The predicted molar refractivity (Wildman–Crippen MR) is 134 cm³/mol. The van der Waals surface area contributed by atoms with E-state index < -0.39 is 0 Å². The summed E-state index contributed by atoms with van der Waals surface area (Å²) in [7, 11) is 0. The van der Waals surface area contributed by atoms with Crippen molar-refractivity contribution in [1.82, 2.24) is 0 Å². The molecule has 4 nitrogen and oxygen atoms in total. The largest absolute Gasteiger partial charge is 0.489 e. The van der Waals surface area contributed by atoms with Crippen LogP contribution in [0.2, 0.25) is 0 Å². The summed E-state index contributed by atoms with van der Waals surface area (Å²) in [5.74, 6) is 0.790. The summed E-state index contributed by atoms with van der Waals surface area (Å²) in [5.41, 5.74) is 12.7. The van der Waals surface area contributed by atoms with Gasteiger partial charge in [-0.3, -0.25) is 0 Å². The van der Waals surface area contributed by atoms with Crippen LogP contribution in [0.5, 0.6) is 5.75 Å². The van der Waals surface area contributed by atoms with Crippen LogP contribution < -0.4 is 19.9 Å². The second kappa shape index (κ2) is 9.78. The fourth-order valence-electron chi connectivity index (χ4n) is 4.32. The molecule has 1 aromatic heterocycles. The number of aromatic nitrogens is 1. The highest BCUT2D eigenvalue weighted by atomic mass is 16.5. The van der Waals surface area contributed by atoms with E-state index >= 15 is 0 Å². The third kappa shape index (κ3) is 5.35.